The van der Waals surface area contributed by atoms with Gasteiger partial charge in [0.25, 0.3) is 0 Å². The van der Waals surface area contributed by atoms with Gasteiger partial charge in [-0.1, -0.05) is 13.8 Å². The normalized spacial score (nSPS) is 10.7. The van der Waals surface area contributed by atoms with E-state index in [-0.39, 0.29) is 12.4 Å². The van der Waals surface area contributed by atoms with Gasteiger partial charge in [-0.3, -0.25) is 0 Å². The van der Waals surface area contributed by atoms with E-state index in [0.717, 1.165) is 39.1 Å². The first-order valence-corrected chi connectivity index (χ1v) is 7.69. The smallest absolute Gasteiger partial charge is 0.000687 e. The summed E-state index contributed by atoms with van der Waals surface area (Å²) in [6, 6.07) is 0. The summed E-state index contributed by atoms with van der Waals surface area (Å²) in [6.07, 6.45) is 4.87. The third-order valence-corrected chi connectivity index (χ3v) is 3.24. The molecule has 0 aliphatic carbocycles. The van der Waals surface area contributed by atoms with Crippen molar-refractivity contribution in [3.63, 3.8) is 0 Å². The first-order valence-electron chi connectivity index (χ1n) is 7.69. The van der Waals surface area contributed by atoms with Crippen molar-refractivity contribution < 1.29 is 0 Å². The van der Waals surface area contributed by atoms with Crippen LogP contribution in [0.1, 0.15) is 39.5 Å². The maximum absolute atomic E-state index is 5.43. The molecule has 0 spiro atoms. The van der Waals surface area contributed by atoms with E-state index in [1.807, 2.05) is 0 Å². The molecule has 0 bridgehead atoms. The molecule has 19 heavy (non-hydrogen) atoms. The van der Waals surface area contributed by atoms with Gasteiger partial charge >= 0.3 is 0 Å². The van der Waals surface area contributed by atoms with Crippen LogP contribution in [0.2, 0.25) is 0 Å². The maximum Gasteiger partial charge on any atom is -0.000687 e. The van der Waals surface area contributed by atoms with Gasteiger partial charge < -0.3 is 21.3 Å². The fourth-order valence-corrected chi connectivity index (χ4v) is 1.94. The topological polar surface area (TPSA) is 53.3 Å². The zero-order valence-corrected chi connectivity index (χ0v) is 13.7. The van der Waals surface area contributed by atoms with Gasteiger partial charge in [0, 0.05) is 0 Å². The van der Waals surface area contributed by atoms with Crippen molar-refractivity contribution in [1.29, 1.82) is 0 Å². The Bertz CT molecular complexity index is 154. The molecule has 0 aromatic heterocycles. The van der Waals surface area contributed by atoms with Crippen LogP contribution in [0.5, 0.6) is 0 Å². The van der Waals surface area contributed by atoms with Gasteiger partial charge in [0.05, 0.1) is 0 Å². The van der Waals surface area contributed by atoms with E-state index in [1.54, 1.807) is 0 Å². The number of hydrogen-bond acceptors (Lipinski definition) is 4. The molecular weight excluding hydrogens is 260 g/mol. The molecule has 0 atom stereocenters. The Morgan fingerprint density at radius 3 is 1.74 bits per heavy atom. The van der Waals surface area contributed by atoms with E-state index in [2.05, 4.69) is 29.4 Å². The summed E-state index contributed by atoms with van der Waals surface area (Å²) < 4.78 is 0. The van der Waals surface area contributed by atoms with E-state index in [9.17, 15) is 0 Å². The minimum absolute atomic E-state index is 0. The van der Waals surface area contributed by atoms with Gasteiger partial charge in [0.1, 0.15) is 0 Å². The monoisotopic (exact) mass is 294 g/mol. The van der Waals surface area contributed by atoms with Crippen LogP contribution in [0.3, 0.4) is 0 Å². The average Bonchev–Trinajstić information content (AvgIpc) is 2.40. The molecule has 4 N–H and O–H groups in total. The molecule has 118 valence electrons. The van der Waals surface area contributed by atoms with Gasteiger partial charge in [-0.2, -0.15) is 0 Å². The Labute approximate surface area is 126 Å². The van der Waals surface area contributed by atoms with Crippen molar-refractivity contribution in [2.75, 3.05) is 52.4 Å². The molecule has 0 saturated carbocycles. The summed E-state index contributed by atoms with van der Waals surface area (Å²) in [5.74, 6) is 0. The van der Waals surface area contributed by atoms with E-state index in [4.69, 9.17) is 5.73 Å². The summed E-state index contributed by atoms with van der Waals surface area (Å²) in [5, 5.41) is 6.92. The second-order valence-corrected chi connectivity index (χ2v) is 4.73. The van der Waals surface area contributed by atoms with E-state index < -0.39 is 0 Å². The lowest BCUT2D eigenvalue weighted by Gasteiger charge is -2.17. The second kappa shape index (κ2) is 18.1. The molecule has 0 heterocycles. The van der Waals surface area contributed by atoms with Crippen LogP contribution in [-0.4, -0.2) is 57.3 Å². The minimum Gasteiger partial charge on any atom is -0.330 e. The lowest BCUT2D eigenvalue weighted by molar-refractivity contribution is 0.298. The number of nitrogens with zero attached hydrogens (tertiary/aromatic N) is 1. The number of nitrogens with two attached hydrogens (primary N) is 1. The highest BCUT2D eigenvalue weighted by molar-refractivity contribution is 5.85. The van der Waals surface area contributed by atoms with Crippen molar-refractivity contribution in [1.82, 2.24) is 15.5 Å². The largest absolute Gasteiger partial charge is 0.330 e. The van der Waals surface area contributed by atoms with E-state index in [1.165, 1.54) is 38.9 Å². The maximum atomic E-state index is 5.43. The highest BCUT2D eigenvalue weighted by Crippen LogP contribution is 1.90. The molecule has 0 saturated heterocycles. The SMILES string of the molecule is CCN(CC)CCCNCCCCNCCCN.Cl. The molecule has 0 unspecified atom stereocenters. The summed E-state index contributed by atoms with van der Waals surface area (Å²) in [6.45, 7) is 13.3. The summed E-state index contributed by atoms with van der Waals surface area (Å²) in [4.78, 5) is 2.48. The molecule has 0 fully saturated rings. The van der Waals surface area contributed by atoms with Crippen LogP contribution in [0, 0.1) is 0 Å². The lowest BCUT2D eigenvalue weighted by atomic mass is 10.3. The number of unbranched alkanes of at least 4 members (excludes halogenated alkanes) is 1. The van der Waals surface area contributed by atoms with E-state index >= 15 is 0 Å². The first-order chi connectivity index (χ1) is 8.85. The Balaban J connectivity index is 0. The second-order valence-electron chi connectivity index (χ2n) is 4.73. The number of halogens is 1. The Hall–Kier alpha value is 0.130. The van der Waals surface area contributed by atoms with Gasteiger partial charge in [0.15, 0.2) is 0 Å². The third-order valence-electron chi connectivity index (χ3n) is 3.24. The van der Waals surface area contributed by atoms with Gasteiger partial charge in [-0.25, -0.2) is 0 Å². The number of rotatable bonds is 14. The fraction of sp³-hybridized carbons (Fsp3) is 1.00. The van der Waals surface area contributed by atoms with Gasteiger partial charge in [0.2, 0.25) is 0 Å². The van der Waals surface area contributed by atoms with Crippen LogP contribution >= 0.6 is 12.4 Å². The van der Waals surface area contributed by atoms with Crippen molar-refractivity contribution in [2.24, 2.45) is 5.73 Å². The molecule has 4 nitrogen and oxygen atoms in total. The van der Waals surface area contributed by atoms with Gasteiger partial charge in [-0.05, 0) is 78.0 Å². The van der Waals surface area contributed by atoms with Crippen molar-refractivity contribution >= 4 is 12.4 Å². The zero-order chi connectivity index (χ0) is 13.5. The average molecular weight is 295 g/mol. The quantitative estimate of drug-likeness (QED) is 0.425. The van der Waals surface area contributed by atoms with Crippen molar-refractivity contribution in [3.05, 3.63) is 0 Å². The van der Waals surface area contributed by atoms with Crippen molar-refractivity contribution in [2.45, 2.75) is 39.5 Å². The summed E-state index contributed by atoms with van der Waals surface area (Å²) >= 11 is 0. The molecule has 0 aromatic carbocycles. The van der Waals surface area contributed by atoms with Crippen LogP contribution in [-0.2, 0) is 0 Å². The standard InChI is InChI=1S/C14H34N4.ClH/c1-3-18(4-2)14-8-13-17-11-6-5-10-16-12-7-9-15;/h16-17H,3-15H2,1-2H3;1H. The predicted octanol–water partition coefficient (Wildman–Crippen LogP) is 1.45. The predicted molar refractivity (Wildman–Crippen MR) is 88.3 cm³/mol. The Morgan fingerprint density at radius 2 is 1.26 bits per heavy atom. The summed E-state index contributed by atoms with van der Waals surface area (Å²) in [7, 11) is 0. The fourth-order valence-electron chi connectivity index (χ4n) is 1.94. The molecule has 0 aliphatic rings. The highest BCUT2D eigenvalue weighted by Gasteiger charge is 1.97. The van der Waals surface area contributed by atoms with Crippen LogP contribution in [0.15, 0.2) is 0 Å². The zero-order valence-electron chi connectivity index (χ0n) is 12.9. The molecule has 0 radical (unpaired) electrons. The third kappa shape index (κ3) is 16.1. The molecule has 0 aliphatic heterocycles. The summed E-state index contributed by atoms with van der Waals surface area (Å²) in [5.41, 5.74) is 5.43. The molecule has 0 amide bonds. The molecular formula is C14H35ClN4. The van der Waals surface area contributed by atoms with E-state index in [0.29, 0.717) is 0 Å². The number of hydrogen-bond donors (Lipinski definition) is 3. The number of nitrogens with one attached hydrogen (secondary N) is 2. The van der Waals surface area contributed by atoms with Crippen LogP contribution in [0.25, 0.3) is 0 Å². The molecule has 0 rings (SSSR count). The first kappa shape index (κ1) is 21.4. The highest BCUT2D eigenvalue weighted by atomic mass is 35.5. The Kier molecular flexibility index (Phi) is 20.4. The Morgan fingerprint density at radius 1 is 0.789 bits per heavy atom. The molecule has 0 aromatic rings. The van der Waals surface area contributed by atoms with Crippen LogP contribution in [0.4, 0.5) is 0 Å². The van der Waals surface area contributed by atoms with Crippen LogP contribution < -0.4 is 16.4 Å². The lowest BCUT2D eigenvalue weighted by Crippen LogP contribution is -2.27. The van der Waals surface area contributed by atoms with Gasteiger partial charge in [-0.15, -0.1) is 12.4 Å². The van der Waals surface area contributed by atoms with Crippen molar-refractivity contribution in [3.8, 4) is 0 Å². The minimum atomic E-state index is 0. The molecule has 5 heteroatoms.